The van der Waals surface area contributed by atoms with Gasteiger partial charge in [0.05, 0.1) is 6.61 Å². The zero-order valence-corrected chi connectivity index (χ0v) is 7.43. The zero-order valence-electron chi connectivity index (χ0n) is 7.43. The Labute approximate surface area is 80.9 Å². The minimum absolute atomic E-state index is 0.0869. The van der Waals surface area contributed by atoms with Crippen LogP contribution in [-0.4, -0.2) is 29.4 Å². The number of amides is 1. The van der Waals surface area contributed by atoms with E-state index in [1.54, 1.807) is 12.1 Å². The number of nitrogens with one attached hydrogen (secondary N) is 1. The number of benzene rings is 1. The molecule has 0 saturated carbocycles. The molecule has 0 atom stereocenters. The highest BCUT2D eigenvalue weighted by Gasteiger charge is 2.04. The van der Waals surface area contributed by atoms with E-state index in [4.69, 9.17) is 15.1 Å². The Bertz CT molecular complexity index is 313. The van der Waals surface area contributed by atoms with Gasteiger partial charge < -0.3 is 9.84 Å². The van der Waals surface area contributed by atoms with Crippen molar-refractivity contribution in [1.82, 2.24) is 5.48 Å². The summed E-state index contributed by atoms with van der Waals surface area (Å²) in [6.07, 6.45) is 0. The van der Waals surface area contributed by atoms with Gasteiger partial charge in [-0.2, -0.15) is 0 Å². The summed E-state index contributed by atoms with van der Waals surface area (Å²) in [6.45, 7) is 0.0839. The van der Waals surface area contributed by atoms with Crippen molar-refractivity contribution in [2.75, 3.05) is 13.2 Å². The summed E-state index contributed by atoms with van der Waals surface area (Å²) in [7, 11) is 0. The predicted molar refractivity (Wildman–Crippen MR) is 48.3 cm³/mol. The van der Waals surface area contributed by atoms with Gasteiger partial charge in [-0.05, 0) is 18.2 Å². The molecule has 0 spiro atoms. The molecular formula is C9H11NO4. The van der Waals surface area contributed by atoms with Crippen LogP contribution in [0.4, 0.5) is 0 Å². The Morgan fingerprint density at radius 3 is 2.93 bits per heavy atom. The number of carbonyl (C=O) groups is 1. The van der Waals surface area contributed by atoms with E-state index in [9.17, 15) is 4.79 Å². The first-order valence-corrected chi connectivity index (χ1v) is 4.06. The number of aliphatic hydroxyl groups is 1. The molecule has 5 heteroatoms. The molecule has 3 N–H and O–H groups in total. The average molecular weight is 197 g/mol. The van der Waals surface area contributed by atoms with Gasteiger partial charge in [0.25, 0.3) is 5.91 Å². The van der Waals surface area contributed by atoms with Gasteiger partial charge in [-0.3, -0.25) is 10.0 Å². The SMILES string of the molecule is O=C(NO)c1cccc(OCCO)c1. The summed E-state index contributed by atoms with van der Waals surface area (Å²) in [5.41, 5.74) is 1.82. The second-order valence-corrected chi connectivity index (χ2v) is 2.54. The number of carbonyl (C=O) groups excluding carboxylic acids is 1. The first-order valence-electron chi connectivity index (χ1n) is 4.06. The van der Waals surface area contributed by atoms with Crippen LogP contribution in [0.15, 0.2) is 24.3 Å². The molecule has 5 nitrogen and oxygen atoms in total. The third kappa shape index (κ3) is 2.72. The molecule has 1 aromatic rings. The van der Waals surface area contributed by atoms with Crippen molar-refractivity contribution in [3.63, 3.8) is 0 Å². The van der Waals surface area contributed by atoms with Crippen molar-refractivity contribution in [2.45, 2.75) is 0 Å². The van der Waals surface area contributed by atoms with Crippen LogP contribution in [0.1, 0.15) is 10.4 Å². The van der Waals surface area contributed by atoms with E-state index >= 15 is 0 Å². The summed E-state index contributed by atoms with van der Waals surface area (Å²) in [5.74, 6) is -0.125. The lowest BCUT2D eigenvalue weighted by molar-refractivity contribution is 0.0706. The minimum Gasteiger partial charge on any atom is -0.491 e. The third-order valence-corrected chi connectivity index (χ3v) is 1.56. The Balaban J connectivity index is 2.73. The van der Waals surface area contributed by atoms with E-state index in [2.05, 4.69) is 0 Å². The van der Waals surface area contributed by atoms with E-state index in [0.29, 0.717) is 11.3 Å². The molecule has 0 heterocycles. The summed E-state index contributed by atoms with van der Waals surface area (Å²) >= 11 is 0. The number of hydrogen-bond acceptors (Lipinski definition) is 4. The second kappa shape index (κ2) is 5.21. The molecule has 0 aliphatic heterocycles. The van der Waals surface area contributed by atoms with Gasteiger partial charge in [0.2, 0.25) is 0 Å². The standard InChI is InChI=1S/C9H11NO4/c11-4-5-14-8-3-1-2-7(6-8)9(12)10-13/h1-3,6,11,13H,4-5H2,(H,10,12). The maximum absolute atomic E-state index is 11.0. The number of ether oxygens (including phenoxy) is 1. The molecule has 0 aliphatic rings. The molecule has 0 bridgehead atoms. The summed E-state index contributed by atoms with van der Waals surface area (Å²) in [5, 5.41) is 16.9. The van der Waals surface area contributed by atoms with E-state index in [0.717, 1.165) is 0 Å². The van der Waals surface area contributed by atoms with Crippen LogP contribution in [0.5, 0.6) is 5.75 Å². The Morgan fingerprint density at radius 1 is 1.50 bits per heavy atom. The lowest BCUT2D eigenvalue weighted by Gasteiger charge is -2.05. The number of rotatable bonds is 4. The summed E-state index contributed by atoms with van der Waals surface area (Å²) in [4.78, 5) is 11.0. The molecule has 0 fully saturated rings. The monoisotopic (exact) mass is 197 g/mol. The van der Waals surface area contributed by atoms with Gasteiger partial charge >= 0.3 is 0 Å². The van der Waals surface area contributed by atoms with Crippen molar-refractivity contribution >= 4 is 5.91 Å². The van der Waals surface area contributed by atoms with Crippen LogP contribution in [-0.2, 0) is 0 Å². The maximum atomic E-state index is 11.0. The Morgan fingerprint density at radius 2 is 2.29 bits per heavy atom. The molecule has 0 saturated heterocycles. The molecule has 14 heavy (non-hydrogen) atoms. The third-order valence-electron chi connectivity index (χ3n) is 1.56. The van der Waals surface area contributed by atoms with Crippen LogP contribution in [0.3, 0.4) is 0 Å². The van der Waals surface area contributed by atoms with Crippen LogP contribution in [0.25, 0.3) is 0 Å². The van der Waals surface area contributed by atoms with Crippen molar-refractivity contribution in [3.05, 3.63) is 29.8 Å². The fourth-order valence-corrected chi connectivity index (χ4v) is 0.955. The Kier molecular flexibility index (Phi) is 3.90. The average Bonchev–Trinajstić information content (AvgIpc) is 2.25. The fourth-order valence-electron chi connectivity index (χ4n) is 0.955. The maximum Gasteiger partial charge on any atom is 0.274 e. The molecule has 76 valence electrons. The molecule has 0 radical (unpaired) electrons. The van der Waals surface area contributed by atoms with E-state index in [1.165, 1.54) is 17.6 Å². The number of hydroxylamine groups is 1. The summed E-state index contributed by atoms with van der Waals surface area (Å²) < 4.78 is 5.08. The molecule has 0 unspecified atom stereocenters. The molecular weight excluding hydrogens is 186 g/mol. The lowest BCUT2D eigenvalue weighted by atomic mass is 10.2. The first kappa shape index (κ1) is 10.5. The largest absolute Gasteiger partial charge is 0.491 e. The highest BCUT2D eigenvalue weighted by atomic mass is 16.5. The van der Waals surface area contributed by atoms with Crippen molar-refractivity contribution in [2.24, 2.45) is 0 Å². The molecule has 1 aromatic carbocycles. The van der Waals surface area contributed by atoms with Gasteiger partial charge in [-0.1, -0.05) is 6.07 Å². The molecule has 1 amide bonds. The predicted octanol–water partition coefficient (Wildman–Crippen LogP) is 0.177. The lowest BCUT2D eigenvalue weighted by Crippen LogP contribution is -2.18. The van der Waals surface area contributed by atoms with Crippen LogP contribution in [0.2, 0.25) is 0 Å². The van der Waals surface area contributed by atoms with Crippen molar-refractivity contribution in [1.29, 1.82) is 0 Å². The van der Waals surface area contributed by atoms with Crippen molar-refractivity contribution < 1.29 is 19.8 Å². The highest BCUT2D eigenvalue weighted by Crippen LogP contribution is 2.12. The fraction of sp³-hybridized carbons (Fsp3) is 0.222. The normalized spacial score (nSPS) is 9.57. The van der Waals surface area contributed by atoms with E-state index in [1.807, 2.05) is 0 Å². The van der Waals surface area contributed by atoms with Crippen LogP contribution >= 0.6 is 0 Å². The topological polar surface area (TPSA) is 78.8 Å². The van der Waals surface area contributed by atoms with Gasteiger partial charge in [0.15, 0.2) is 0 Å². The number of hydrogen-bond donors (Lipinski definition) is 3. The van der Waals surface area contributed by atoms with Gasteiger partial charge in [0.1, 0.15) is 12.4 Å². The van der Waals surface area contributed by atoms with Gasteiger partial charge in [0, 0.05) is 5.56 Å². The van der Waals surface area contributed by atoms with Gasteiger partial charge in [-0.25, -0.2) is 5.48 Å². The molecule has 0 aromatic heterocycles. The molecule has 1 rings (SSSR count). The quantitative estimate of drug-likeness (QED) is 0.475. The van der Waals surface area contributed by atoms with Crippen LogP contribution < -0.4 is 10.2 Å². The van der Waals surface area contributed by atoms with E-state index in [-0.39, 0.29) is 13.2 Å². The minimum atomic E-state index is -0.598. The smallest absolute Gasteiger partial charge is 0.274 e. The van der Waals surface area contributed by atoms with Gasteiger partial charge in [-0.15, -0.1) is 0 Å². The zero-order chi connectivity index (χ0) is 10.4. The van der Waals surface area contributed by atoms with Crippen LogP contribution in [0, 0.1) is 0 Å². The highest BCUT2D eigenvalue weighted by molar-refractivity contribution is 5.93. The first-order chi connectivity index (χ1) is 6.77. The second-order valence-electron chi connectivity index (χ2n) is 2.54. The summed E-state index contributed by atoms with van der Waals surface area (Å²) in [6, 6.07) is 6.29. The molecule has 0 aliphatic carbocycles. The number of aliphatic hydroxyl groups excluding tert-OH is 1. The van der Waals surface area contributed by atoms with E-state index < -0.39 is 5.91 Å². The Hall–Kier alpha value is -1.59. The van der Waals surface area contributed by atoms with Crippen molar-refractivity contribution in [3.8, 4) is 5.75 Å².